The summed E-state index contributed by atoms with van der Waals surface area (Å²) in [5.41, 5.74) is 0.681. The summed E-state index contributed by atoms with van der Waals surface area (Å²) in [6, 6.07) is 15.0. The van der Waals surface area contributed by atoms with Gasteiger partial charge in [0.1, 0.15) is 0 Å². The summed E-state index contributed by atoms with van der Waals surface area (Å²) in [4.78, 5) is 4.29. The van der Waals surface area contributed by atoms with Gasteiger partial charge in [0.2, 0.25) is 0 Å². The summed E-state index contributed by atoms with van der Waals surface area (Å²) < 4.78 is 32.9. The van der Waals surface area contributed by atoms with E-state index in [0.29, 0.717) is 22.2 Å². The molecule has 5 nitrogen and oxygen atoms in total. The zero-order chi connectivity index (χ0) is 16.4. The number of hydrogen-bond donors (Lipinski definition) is 1. The number of hydrogen-bond acceptors (Lipinski definition) is 4. The normalized spacial score (nSPS) is 11.4. The Morgan fingerprint density at radius 3 is 2.35 bits per heavy atom. The molecule has 0 spiro atoms. The van der Waals surface area contributed by atoms with Crippen LogP contribution >= 0.6 is 11.6 Å². The number of nitrogens with zero attached hydrogens (tertiary/aromatic N) is 1. The van der Waals surface area contributed by atoms with Crippen LogP contribution in [0.25, 0.3) is 11.3 Å². The van der Waals surface area contributed by atoms with Crippen LogP contribution in [-0.4, -0.2) is 13.4 Å². The third kappa shape index (κ3) is 3.38. The zero-order valence-corrected chi connectivity index (χ0v) is 13.7. The lowest BCUT2D eigenvalue weighted by atomic mass is 10.2. The highest BCUT2D eigenvalue weighted by Crippen LogP contribution is 2.31. The fourth-order valence-corrected chi connectivity index (χ4v) is 3.23. The second kappa shape index (κ2) is 6.06. The van der Waals surface area contributed by atoms with Crippen LogP contribution in [0.1, 0.15) is 5.89 Å². The Morgan fingerprint density at radius 1 is 1.04 bits per heavy atom. The van der Waals surface area contributed by atoms with Crippen molar-refractivity contribution in [2.45, 2.75) is 11.8 Å². The second-order valence-electron chi connectivity index (χ2n) is 4.84. The van der Waals surface area contributed by atoms with Crippen LogP contribution < -0.4 is 4.72 Å². The van der Waals surface area contributed by atoms with Gasteiger partial charge in [-0.25, -0.2) is 8.42 Å². The molecule has 3 rings (SSSR count). The van der Waals surface area contributed by atoms with Gasteiger partial charge in [-0.05, 0) is 36.4 Å². The minimum Gasteiger partial charge on any atom is -0.439 e. The largest absolute Gasteiger partial charge is 0.439 e. The molecule has 0 saturated carbocycles. The SMILES string of the molecule is Cc1nc(NS(=O)(=O)c2ccccc2)c(-c2ccc(Cl)cc2)o1. The Balaban J connectivity index is 2.00. The number of oxazole rings is 1. The molecule has 2 aromatic carbocycles. The van der Waals surface area contributed by atoms with E-state index in [9.17, 15) is 8.42 Å². The quantitative estimate of drug-likeness (QED) is 0.770. The van der Waals surface area contributed by atoms with Gasteiger partial charge in [0.15, 0.2) is 17.5 Å². The third-order valence-electron chi connectivity index (χ3n) is 3.13. The summed E-state index contributed by atoms with van der Waals surface area (Å²) in [7, 11) is -3.74. The first-order chi connectivity index (χ1) is 11.0. The molecule has 23 heavy (non-hydrogen) atoms. The summed E-state index contributed by atoms with van der Waals surface area (Å²) in [5, 5.41) is 0.580. The van der Waals surface area contributed by atoms with Gasteiger partial charge in [-0.3, -0.25) is 4.72 Å². The van der Waals surface area contributed by atoms with Gasteiger partial charge in [0, 0.05) is 17.5 Å². The molecule has 1 N–H and O–H groups in total. The number of anilines is 1. The maximum Gasteiger partial charge on any atom is 0.263 e. The topological polar surface area (TPSA) is 72.2 Å². The van der Waals surface area contributed by atoms with Crippen molar-refractivity contribution in [1.82, 2.24) is 4.98 Å². The Morgan fingerprint density at radius 2 is 1.70 bits per heavy atom. The van der Waals surface area contributed by atoms with Crippen LogP contribution in [0.4, 0.5) is 5.82 Å². The molecule has 0 radical (unpaired) electrons. The van der Waals surface area contributed by atoms with Crippen LogP contribution in [0.15, 0.2) is 63.9 Å². The van der Waals surface area contributed by atoms with E-state index in [1.807, 2.05) is 0 Å². The van der Waals surface area contributed by atoms with Crippen molar-refractivity contribution in [3.05, 3.63) is 65.5 Å². The van der Waals surface area contributed by atoms with E-state index in [2.05, 4.69) is 9.71 Å². The molecule has 0 atom stereocenters. The molecule has 1 heterocycles. The number of rotatable bonds is 4. The lowest BCUT2D eigenvalue weighted by molar-refractivity contribution is 0.534. The van der Waals surface area contributed by atoms with E-state index >= 15 is 0 Å². The highest BCUT2D eigenvalue weighted by atomic mass is 35.5. The summed E-state index contributed by atoms with van der Waals surface area (Å²) >= 11 is 5.87. The predicted molar refractivity (Wildman–Crippen MR) is 88.9 cm³/mol. The maximum absolute atomic E-state index is 12.4. The molecule has 3 aromatic rings. The smallest absolute Gasteiger partial charge is 0.263 e. The monoisotopic (exact) mass is 348 g/mol. The number of aryl methyl sites for hydroxylation is 1. The van der Waals surface area contributed by atoms with E-state index in [4.69, 9.17) is 16.0 Å². The molecule has 118 valence electrons. The third-order valence-corrected chi connectivity index (χ3v) is 4.73. The average molecular weight is 349 g/mol. The molecule has 1 aromatic heterocycles. The highest BCUT2D eigenvalue weighted by molar-refractivity contribution is 7.92. The van der Waals surface area contributed by atoms with E-state index < -0.39 is 10.0 Å². The van der Waals surface area contributed by atoms with E-state index in [1.165, 1.54) is 12.1 Å². The predicted octanol–water partition coefficient (Wildman–Crippen LogP) is 4.10. The molecule has 0 unspecified atom stereocenters. The van der Waals surface area contributed by atoms with Crippen LogP contribution in [0.3, 0.4) is 0 Å². The molecular formula is C16H13ClN2O3S. The first-order valence-corrected chi connectivity index (χ1v) is 8.63. The van der Waals surface area contributed by atoms with Gasteiger partial charge in [-0.1, -0.05) is 29.8 Å². The average Bonchev–Trinajstić information content (AvgIpc) is 2.89. The Kier molecular flexibility index (Phi) is 4.11. The highest BCUT2D eigenvalue weighted by Gasteiger charge is 2.20. The van der Waals surface area contributed by atoms with Gasteiger partial charge >= 0.3 is 0 Å². The van der Waals surface area contributed by atoms with Crippen LogP contribution in [0, 0.1) is 6.92 Å². The number of nitrogens with one attached hydrogen (secondary N) is 1. The molecule has 0 fully saturated rings. The van der Waals surface area contributed by atoms with Crippen molar-refractivity contribution in [3.8, 4) is 11.3 Å². The van der Waals surface area contributed by atoms with Crippen molar-refractivity contribution in [2.24, 2.45) is 0 Å². The van der Waals surface area contributed by atoms with E-state index in [0.717, 1.165) is 0 Å². The van der Waals surface area contributed by atoms with Gasteiger partial charge in [0.05, 0.1) is 4.90 Å². The molecular weight excluding hydrogens is 336 g/mol. The van der Waals surface area contributed by atoms with Crippen LogP contribution in [-0.2, 0) is 10.0 Å². The van der Waals surface area contributed by atoms with Crippen molar-refractivity contribution in [1.29, 1.82) is 0 Å². The first kappa shape index (κ1) is 15.6. The molecule has 0 amide bonds. The Labute approximate surface area is 139 Å². The molecule has 0 saturated heterocycles. The Hall–Kier alpha value is -2.31. The van der Waals surface area contributed by atoms with E-state index in [1.54, 1.807) is 49.4 Å². The lowest BCUT2D eigenvalue weighted by Gasteiger charge is -2.07. The lowest BCUT2D eigenvalue weighted by Crippen LogP contribution is -2.13. The zero-order valence-electron chi connectivity index (χ0n) is 12.2. The summed E-state index contributed by atoms with van der Waals surface area (Å²) in [6.07, 6.45) is 0. The number of aromatic nitrogens is 1. The second-order valence-corrected chi connectivity index (χ2v) is 6.95. The van der Waals surface area contributed by atoms with Crippen LogP contribution in [0.5, 0.6) is 0 Å². The van der Waals surface area contributed by atoms with Gasteiger partial charge in [0.25, 0.3) is 10.0 Å². The summed E-state index contributed by atoms with van der Waals surface area (Å²) in [5.74, 6) is 0.855. The molecule has 0 bridgehead atoms. The minimum atomic E-state index is -3.74. The van der Waals surface area contributed by atoms with Crippen molar-refractivity contribution in [3.63, 3.8) is 0 Å². The first-order valence-electron chi connectivity index (χ1n) is 6.77. The van der Waals surface area contributed by atoms with Gasteiger partial charge < -0.3 is 4.42 Å². The van der Waals surface area contributed by atoms with E-state index in [-0.39, 0.29) is 10.7 Å². The molecule has 7 heteroatoms. The van der Waals surface area contributed by atoms with Crippen LogP contribution in [0.2, 0.25) is 5.02 Å². The number of halogens is 1. The fourth-order valence-electron chi connectivity index (χ4n) is 2.08. The van der Waals surface area contributed by atoms with Gasteiger partial charge in [-0.2, -0.15) is 4.98 Å². The standard InChI is InChI=1S/C16H13ClN2O3S/c1-11-18-16(15(22-11)12-7-9-13(17)10-8-12)19-23(20,21)14-5-3-2-4-6-14/h2-10,19H,1H3. The van der Waals surface area contributed by atoms with Crippen molar-refractivity contribution < 1.29 is 12.8 Å². The molecule has 0 aliphatic carbocycles. The molecule has 0 aliphatic rings. The maximum atomic E-state index is 12.4. The minimum absolute atomic E-state index is 0.147. The van der Waals surface area contributed by atoms with Crippen molar-refractivity contribution >= 4 is 27.4 Å². The summed E-state index contributed by atoms with van der Waals surface area (Å²) in [6.45, 7) is 1.65. The number of sulfonamides is 1. The Bertz CT molecular complexity index is 920. The fraction of sp³-hybridized carbons (Fsp3) is 0.0625. The van der Waals surface area contributed by atoms with Gasteiger partial charge in [-0.15, -0.1) is 0 Å². The molecule has 0 aliphatic heterocycles. The van der Waals surface area contributed by atoms with Crippen molar-refractivity contribution in [2.75, 3.05) is 4.72 Å². The number of benzene rings is 2.